The van der Waals surface area contributed by atoms with E-state index in [-0.39, 0.29) is 24.5 Å². The molecule has 45 heavy (non-hydrogen) atoms. The number of carbonyl (C=O) groups is 1. The number of hydrogen-bond acceptors (Lipinski definition) is 6. The van der Waals surface area contributed by atoms with Crippen LogP contribution in [0.3, 0.4) is 0 Å². The maximum Gasteiger partial charge on any atom is 0.407 e. The zero-order chi connectivity index (χ0) is 32.4. The van der Waals surface area contributed by atoms with Crippen molar-refractivity contribution in [2.45, 2.75) is 83.7 Å². The molecule has 1 aliphatic rings. The molecule has 0 saturated heterocycles. The Bertz CT molecular complexity index is 1990. The van der Waals surface area contributed by atoms with E-state index in [4.69, 9.17) is 26.1 Å². The summed E-state index contributed by atoms with van der Waals surface area (Å²) in [7, 11) is 2.40. The average molecular weight is 652 g/mol. The number of aryl methyl sites for hydroxylation is 2. The summed E-state index contributed by atoms with van der Waals surface area (Å²) < 4.78 is 18.9. The molecule has 0 bridgehead atoms. The van der Waals surface area contributed by atoms with Gasteiger partial charge in [0.1, 0.15) is 23.1 Å². The van der Waals surface area contributed by atoms with E-state index in [0.29, 0.717) is 35.8 Å². The molecular formula is C32H42ClN7O4Si. The van der Waals surface area contributed by atoms with Crippen LogP contribution in [-0.4, -0.2) is 60.9 Å². The second kappa shape index (κ2) is 11.3. The Morgan fingerprint density at radius 2 is 1.87 bits per heavy atom. The smallest absolute Gasteiger partial charge is 0.407 e. The molecule has 0 aliphatic heterocycles. The maximum atomic E-state index is 13.8. The van der Waals surface area contributed by atoms with E-state index in [1.807, 2.05) is 60.0 Å². The summed E-state index contributed by atoms with van der Waals surface area (Å²) in [4.78, 5) is 31.1. The van der Waals surface area contributed by atoms with E-state index in [0.717, 1.165) is 39.0 Å². The number of fused-ring (bicyclic) bond motifs is 4. The normalized spacial score (nSPS) is 17.4. The highest BCUT2D eigenvalue weighted by Gasteiger charge is 2.36. The highest BCUT2D eigenvalue weighted by atomic mass is 35.5. The zero-order valence-corrected chi connectivity index (χ0v) is 29.0. The lowest BCUT2D eigenvalue weighted by Crippen LogP contribution is -2.48. The van der Waals surface area contributed by atoms with Gasteiger partial charge in [-0.1, -0.05) is 37.3 Å². The Hall–Kier alpha value is -3.61. The molecule has 1 saturated carbocycles. The predicted octanol–water partition coefficient (Wildman–Crippen LogP) is 6.44. The highest BCUT2D eigenvalue weighted by Crippen LogP contribution is 2.43. The number of benzene rings is 1. The Balaban J connectivity index is 1.47. The number of ether oxygens (including phenoxy) is 2. The van der Waals surface area contributed by atoms with E-state index in [2.05, 4.69) is 36.1 Å². The van der Waals surface area contributed by atoms with Gasteiger partial charge in [-0.3, -0.25) is 18.4 Å². The Labute approximate surface area is 268 Å². The van der Waals surface area contributed by atoms with Gasteiger partial charge >= 0.3 is 11.8 Å². The first kappa shape index (κ1) is 31.4. The molecule has 1 fully saturated rings. The topological polar surface area (TPSA) is 110 Å². The van der Waals surface area contributed by atoms with Gasteiger partial charge in [0.05, 0.1) is 34.3 Å². The van der Waals surface area contributed by atoms with Crippen molar-refractivity contribution in [3.05, 3.63) is 46.2 Å². The minimum Gasteiger partial charge on any atom is -0.444 e. The van der Waals surface area contributed by atoms with Gasteiger partial charge in [0, 0.05) is 51.8 Å². The fourth-order valence-corrected chi connectivity index (χ4v) is 7.15. The van der Waals surface area contributed by atoms with Crippen LogP contribution in [0, 0.1) is 0 Å². The maximum absolute atomic E-state index is 13.8. The number of aromatic nitrogens is 6. The Morgan fingerprint density at radius 3 is 2.56 bits per heavy atom. The number of rotatable bonds is 8. The molecule has 0 atom stereocenters. The fraction of sp³-hybridized carbons (Fsp3) is 0.500. The molecule has 240 valence electrons. The van der Waals surface area contributed by atoms with E-state index >= 15 is 0 Å². The van der Waals surface area contributed by atoms with Gasteiger partial charge in [-0.15, -0.1) is 0 Å². The summed E-state index contributed by atoms with van der Waals surface area (Å²) in [5.74, 6) is 0. The summed E-state index contributed by atoms with van der Waals surface area (Å²) in [6.45, 7) is 13.4. The molecule has 11 nitrogen and oxygen atoms in total. The van der Waals surface area contributed by atoms with Gasteiger partial charge in [-0.25, -0.2) is 14.6 Å². The van der Waals surface area contributed by atoms with Gasteiger partial charge in [0.2, 0.25) is 0 Å². The van der Waals surface area contributed by atoms with Gasteiger partial charge in [-0.05, 0) is 57.4 Å². The summed E-state index contributed by atoms with van der Waals surface area (Å²) in [6, 6.07) is 6.97. The molecule has 1 aromatic carbocycles. The summed E-state index contributed by atoms with van der Waals surface area (Å²) in [6.07, 6.45) is 4.34. The molecule has 4 aromatic heterocycles. The van der Waals surface area contributed by atoms with Crippen molar-refractivity contribution < 1.29 is 14.3 Å². The molecule has 1 aliphatic carbocycles. The average Bonchev–Trinajstić information content (AvgIpc) is 3.51. The minimum atomic E-state index is -1.29. The highest BCUT2D eigenvalue weighted by molar-refractivity contribution is 6.76. The first-order valence-electron chi connectivity index (χ1n) is 15.4. The van der Waals surface area contributed by atoms with Crippen molar-refractivity contribution in [2.75, 3.05) is 6.61 Å². The van der Waals surface area contributed by atoms with E-state index < -0.39 is 19.8 Å². The first-order chi connectivity index (χ1) is 21.1. The van der Waals surface area contributed by atoms with Crippen molar-refractivity contribution in [2.24, 2.45) is 14.1 Å². The van der Waals surface area contributed by atoms with Crippen LogP contribution in [-0.2, 0) is 30.3 Å². The van der Waals surface area contributed by atoms with Gasteiger partial charge in [0.25, 0.3) is 0 Å². The molecule has 6 rings (SSSR count). The molecule has 0 spiro atoms. The van der Waals surface area contributed by atoms with Crippen molar-refractivity contribution >= 4 is 58.7 Å². The van der Waals surface area contributed by atoms with Gasteiger partial charge in [0.15, 0.2) is 0 Å². The summed E-state index contributed by atoms with van der Waals surface area (Å²) in [5.41, 5.74) is 4.14. The van der Waals surface area contributed by atoms with Crippen LogP contribution in [0.15, 0.2) is 35.4 Å². The SMILES string of the molecule is Cn1ncc2cc(-c3c(Cl)n(COCC[Si](C)(C)C)c4ncc5c(c34)n(C3CC(NC(=O)OC(C)(C)C)C3)c(=O)n5C)ccc21. The standard InChI is InChI=1S/C32H42ClN7O4Si/c1-32(2,3)44-30(41)36-21-14-22(15-21)40-27-24(37(4)31(40)42)17-34-29-26(27)25(19-9-10-23-20(13-19)16-35-38(23)5)28(33)39(29)18-43-11-12-45(6,7)8/h9-10,13,16-17,21-22H,11-12,14-15,18H2,1-8H3,(H,36,41). The van der Waals surface area contributed by atoms with Crippen molar-refractivity contribution in [1.82, 2.24) is 33.8 Å². The second-order valence-corrected chi connectivity index (χ2v) is 20.3. The molecule has 1 N–H and O–H groups in total. The number of alkyl carbamates (subject to hydrolysis) is 1. The van der Waals surface area contributed by atoms with E-state index in [1.54, 1.807) is 17.8 Å². The van der Waals surface area contributed by atoms with Crippen LogP contribution >= 0.6 is 11.6 Å². The minimum absolute atomic E-state index is 0.0928. The lowest BCUT2D eigenvalue weighted by molar-refractivity contribution is 0.0456. The Morgan fingerprint density at radius 1 is 1.13 bits per heavy atom. The van der Waals surface area contributed by atoms with Gasteiger partial charge in [-0.2, -0.15) is 5.10 Å². The number of nitrogens with one attached hydrogen (secondary N) is 1. The third-order valence-corrected chi connectivity index (χ3v) is 10.6. The largest absolute Gasteiger partial charge is 0.444 e. The number of carbonyl (C=O) groups excluding carboxylic acids is 1. The third kappa shape index (κ3) is 5.91. The second-order valence-electron chi connectivity index (χ2n) is 14.4. The summed E-state index contributed by atoms with van der Waals surface area (Å²) in [5, 5.41) is 9.66. The van der Waals surface area contributed by atoms with Gasteiger partial charge < -0.3 is 14.8 Å². The monoisotopic (exact) mass is 651 g/mol. The number of nitrogens with zero attached hydrogens (tertiary/aromatic N) is 6. The van der Waals surface area contributed by atoms with Crippen LogP contribution in [0.4, 0.5) is 4.79 Å². The number of amides is 1. The van der Waals surface area contributed by atoms with Crippen LogP contribution < -0.4 is 11.0 Å². The first-order valence-corrected chi connectivity index (χ1v) is 19.5. The predicted molar refractivity (Wildman–Crippen MR) is 181 cm³/mol. The molecule has 13 heteroatoms. The molecule has 0 unspecified atom stereocenters. The number of imidazole rings is 1. The Kier molecular flexibility index (Phi) is 7.89. The van der Waals surface area contributed by atoms with Crippen molar-refractivity contribution in [3.63, 3.8) is 0 Å². The van der Waals surface area contributed by atoms with Crippen LogP contribution in [0.25, 0.3) is 44.1 Å². The number of halogens is 1. The quantitative estimate of drug-likeness (QED) is 0.153. The van der Waals surface area contributed by atoms with E-state index in [1.165, 1.54) is 0 Å². The van der Waals surface area contributed by atoms with Crippen molar-refractivity contribution in [3.8, 4) is 11.1 Å². The molecule has 0 radical (unpaired) electrons. The lowest BCUT2D eigenvalue weighted by Gasteiger charge is -2.36. The van der Waals surface area contributed by atoms with Crippen molar-refractivity contribution in [1.29, 1.82) is 0 Å². The zero-order valence-electron chi connectivity index (χ0n) is 27.3. The fourth-order valence-electron chi connectivity index (χ4n) is 6.06. The lowest BCUT2D eigenvalue weighted by atomic mass is 9.86. The van der Waals surface area contributed by atoms with Crippen LogP contribution in [0.2, 0.25) is 30.8 Å². The molecule has 4 heterocycles. The van der Waals surface area contributed by atoms with Crippen LogP contribution in [0.1, 0.15) is 39.7 Å². The molecule has 5 aromatic rings. The molecule has 1 amide bonds. The summed E-state index contributed by atoms with van der Waals surface area (Å²) >= 11 is 7.25. The van der Waals surface area contributed by atoms with E-state index in [9.17, 15) is 9.59 Å². The third-order valence-electron chi connectivity index (χ3n) is 8.51. The number of pyridine rings is 1. The molecular weight excluding hydrogens is 610 g/mol. The van der Waals surface area contributed by atoms with Crippen LogP contribution in [0.5, 0.6) is 0 Å². The number of hydrogen-bond donors (Lipinski definition) is 1.